The third-order valence-corrected chi connectivity index (χ3v) is 2.42. The number of nitrogens with two attached hydrogens (primary N) is 1. The molecule has 0 radical (unpaired) electrons. The van der Waals surface area contributed by atoms with Crippen molar-refractivity contribution in [3.8, 4) is 0 Å². The van der Waals surface area contributed by atoms with Crippen molar-refractivity contribution < 1.29 is 4.79 Å². The Labute approximate surface area is 87.7 Å². The van der Waals surface area contributed by atoms with E-state index in [2.05, 4.69) is 4.98 Å². The maximum Gasteiger partial charge on any atom is 0.221 e. The average Bonchev–Trinajstić information content (AvgIpc) is 2.56. The molecule has 2 heterocycles. The highest BCUT2D eigenvalue weighted by atomic mass is 16.1. The van der Waals surface area contributed by atoms with E-state index in [1.165, 1.54) is 0 Å². The number of hydrogen-bond acceptors (Lipinski definition) is 2. The Bertz CT molecular complexity index is 502. The highest BCUT2D eigenvalue weighted by molar-refractivity contribution is 5.86. The Balaban J connectivity index is 2.59. The molecule has 0 aliphatic rings. The summed E-state index contributed by atoms with van der Waals surface area (Å²) in [6, 6.07) is 3.83. The van der Waals surface area contributed by atoms with Gasteiger partial charge in [-0.25, -0.2) is 4.98 Å². The van der Waals surface area contributed by atoms with E-state index in [0.29, 0.717) is 0 Å². The van der Waals surface area contributed by atoms with Gasteiger partial charge in [0.25, 0.3) is 0 Å². The van der Waals surface area contributed by atoms with Crippen LogP contribution in [-0.4, -0.2) is 15.5 Å². The van der Waals surface area contributed by atoms with Gasteiger partial charge < -0.3 is 10.3 Å². The van der Waals surface area contributed by atoms with Gasteiger partial charge in [-0.3, -0.25) is 4.79 Å². The molecule has 2 aromatic heterocycles. The van der Waals surface area contributed by atoms with E-state index in [1.54, 1.807) is 6.20 Å². The molecule has 0 aliphatic heterocycles. The van der Waals surface area contributed by atoms with E-state index in [0.717, 1.165) is 23.1 Å². The number of amides is 1. The number of aryl methyl sites for hydroxylation is 1. The SMILES string of the molecule is CCn1cc(CC(N)=O)c2cccnc21. The lowest BCUT2D eigenvalue weighted by Crippen LogP contribution is -2.13. The Morgan fingerprint density at radius 2 is 2.40 bits per heavy atom. The molecule has 0 fully saturated rings. The largest absolute Gasteiger partial charge is 0.369 e. The van der Waals surface area contributed by atoms with Gasteiger partial charge >= 0.3 is 0 Å². The van der Waals surface area contributed by atoms with Gasteiger partial charge in [0.15, 0.2) is 0 Å². The zero-order valence-corrected chi connectivity index (χ0v) is 8.60. The fourth-order valence-corrected chi connectivity index (χ4v) is 1.76. The fraction of sp³-hybridized carbons (Fsp3) is 0.273. The fourth-order valence-electron chi connectivity index (χ4n) is 1.76. The minimum absolute atomic E-state index is 0.273. The third kappa shape index (κ3) is 1.70. The Hall–Kier alpha value is -1.84. The number of fused-ring (bicyclic) bond motifs is 1. The number of rotatable bonds is 3. The van der Waals surface area contributed by atoms with E-state index in [9.17, 15) is 4.79 Å². The van der Waals surface area contributed by atoms with Crippen LogP contribution in [0.1, 0.15) is 12.5 Å². The van der Waals surface area contributed by atoms with Crippen molar-refractivity contribution in [3.63, 3.8) is 0 Å². The van der Waals surface area contributed by atoms with Crippen LogP contribution in [0.25, 0.3) is 11.0 Å². The molecule has 0 saturated carbocycles. The van der Waals surface area contributed by atoms with E-state index >= 15 is 0 Å². The van der Waals surface area contributed by atoms with Crippen molar-refractivity contribution in [3.05, 3.63) is 30.1 Å². The zero-order valence-electron chi connectivity index (χ0n) is 8.60. The number of primary amides is 1. The monoisotopic (exact) mass is 203 g/mol. The smallest absolute Gasteiger partial charge is 0.221 e. The predicted molar refractivity (Wildman–Crippen MR) is 58.3 cm³/mol. The maximum absolute atomic E-state index is 10.9. The molecule has 0 saturated heterocycles. The van der Waals surface area contributed by atoms with Crippen molar-refractivity contribution in [1.29, 1.82) is 0 Å². The molecule has 0 spiro atoms. The first-order valence-electron chi connectivity index (χ1n) is 4.93. The van der Waals surface area contributed by atoms with Gasteiger partial charge in [-0.1, -0.05) is 0 Å². The zero-order chi connectivity index (χ0) is 10.8. The van der Waals surface area contributed by atoms with E-state index in [-0.39, 0.29) is 12.3 Å². The summed E-state index contributed by atoms with van der Waals surface area (Å²) in [6.45, 7) is 2.88. The van der Waals surface area contributed by atoms with Crippen LogP contribution in [-0.2, 0) is 17.8 Å². The van der Waals surface area contributed by atoms with Crippen LogP contribution in [0.5, 0.6) is 0 Å². The molecule has 0 bridgehead atoms. The second kappa shape index (κ2) is 3.73. The van der Waals surface area contributed by atoms with E-state index < -0.39 is 0 Å². The minimum atomic E-state index is -0.311. The molecular formula is C11H13N3O. The standard InChI is InChI=1S/C11H13N3O/c1-2-14-7-8(6-10(12)15)9-4-3-5-13-11(9)14/h3-5,7H,2,6H2,1H3,(H2,12,15). The summed E-state index contributed by atoms with van der Waals surface area (Å²) >= 11 is 0. The predicted octanol–water partition coefficient (Wildman–Crippen LogP) is 1.08. The van der Waals surface area contributed by atoms with Crippen LogP contribution in [0, 0.1) is 0 Å². The van der Waals surface area contributed by atoms with Crippen LogP contribution >= 0.6 is 0 Å². The molecule has 2 aromatic rings. The molecule has 4 nitrogen and oxygen atoms in total. The number of nitrogens with zero attached hydrogens (tertiary/aromatic N) is 2. The van der Waals surface area contributed by atoms with Crippen molar-refractivity contribution in [1.82, 2.24) is 9.55 Å². The number of pyridine rings is 1. The molecular weight excluding hydrogens is 190 g/mol. The molecule has 2 rings (SSSR count). The Kier molecular flexibility index (Phi) is 2.41. The molecule has 4 heteroatoms. The molecule has 78 valence electrons. The lowest BCUT2D eigenvalue weighted by molar-refractivity contribution is -0.117. The highest BCUT2D eigenvalue weighted by Crippen LogP contribution is 2.19. The van der Waals surface area contributed by atoms with Crippen LogP contribution in [0.15, 0.2) is 24.5 Å². The van der Waals surface area contributed by atoms with Gasteiger partial charge in [0.05, 0.1) is 6.42 Å². The topological polar surface area (TPSA) is 60.9 Å². The van der Waals surface area contributed by atoms with Gasteiger partial charge in [0, 0.05) is 24.3 Å². The first-order valence-corrected chi connectivity index (χ1v) is 4.93. The van der Waals surface area contributed by atoms with Gasteiger partial charge in [0.1, 0.15) is 5.65 Å². The highest BCUT2D eigenvalue weighted by Gasteiger charge is 2.09. The normalized spacial score (nSPS) is 10.7. The summed E-state index contributed by atoms with van der Waals surface area (Å²) in [5.74, 6) is -0.311. The van der Waals surface area contributed by atoms with Crippen molar-refractivity contribution in [2.24, 2.45) is 5.73 Å². The molecule has 0 atom stereocenters. The molecule has 0 aliphatic carbocycles. The second-order valence-electron chi connectivity index (χ2n) is 3.46. The molecule has 2 N–H and O–H groups in total. The van der Waals surface area contributed by atoms with Gasteiger partial charge in [-0.05, 0) is 24.6 Å². The van der Waals surface area contributed by atoms with Gasteiger partial charge in [-0.2, -0.15) is 0 Å². The minimum Gasteiger partial charge on any atom is -0.369 e. The summed E-state index contributed by atoms with van der Waals surface area (Å²) in [6.07, 6.45) is 3.97. The first kappa shape index (κ1) is 9.71. The van der Waals surface area contributed by atoms with Crippen LogP contribution in [0.3, 0.4) is 0 Å². The van der Waals surface area contributed by atoms with Crippen molar-refractivity contribution in [2.75, 3.05) is 0 Å². The number of carbonyl (C=O) groups excluding carboxylic acids is 1. The lowest BCUT2D eigenvalue weighted by Gasteiger charge is -1.96. The summed E-state index contributed by atoms with van der Waals surface area (Å²) in [7, 11) is 0. The quantitative estimate of drug-likeness (QED) is 0.811. The van der Waals surface area contributed by atoms with Crippen LogP contribution < -0.4 is 5.73 Å². The number of carbonyl (C=O) groups is 1. The lowest BCUT2D eigenvalue weighted by atomic mass is 10.1. The molecule has 0 unspecified atom stereocenters. The maximum atomic E-state index is 10.9. The number of aromatic nitrogens is 2. The second-order valence-corrected chi connectivity index (χ2v) is 3.46. The Morgan fingerprint density at radius 1 is 1.60 bits per heavy atom. The van der Waals surface area contributed by atoms with Crippen LogP contribution in [0.4, 0.5) is 0 Å². The van der Waals surface area contributed by atoms with E-state index in [4.69, 9.17) is 5.73 Å². The van der Waals surface area contributed by atoms with Gasteiger partial charge in [0.2, 0.25) is 5.91 Å². The van der Waals surface area contributed by atoms with Crippen molar-refractivity contribution in [2.45, 2.75) is 19.9 Å². The summed E-state index contributed by atoms with van der Waals surface area (Å²) in [4.78, 5) is 15.2. The average molecular weight is 203 g/mol. The van der Waals surface area contributed by atoms with Crippen molar-refractivity contribution >= 4 is 16.9 Å². The van der Waals surface area contributed by atoms with E-state index in [1.807, 2.05) is 29.8 Å². The summed E-state index contributed by atoms with van der Waals surface area (Å²) in [5.41, 5.74) is 7.06. The summed E-state index contributed by atoms with van der Waals surface area (Å²) in [5, 5.41) is 1.01. The molecule has 1 amide bonds. The summed E-state index contributed by atoms with van der Waals surface area (Å²) < 4.78 is 2.02. The molecule has 0 aromatic carbocycles. The third-order valence-electron chi connectivity index (χ3n) is 2.42. The van der Waals surface area contributed by atoms with Crippen LogP contribution in [0.2, 0.25) is 0 Å². The number of hydrogen-bond donors (Lipinski definition) is 1. The Morgan fingerprint density at radius 3 is 3.07 bits per heavy atom. The van der Waals surface area contributed by atoms with Gasteiger partial charge in [-0.15, -0.1) is 0 Å². The molecule has 15 heavy (non-hydrogen) atoms. The first-order chi connectivity index (χ1) is 7.22.